The number of nitrogens with one attached hydrogen (secondary N) is 2. The summed E-state index contributed by atoms with van der Waals surface area (Å²) in [6.07, 6.45) is 0. The molecule has 0 aromatic heterocycles. The van der Waals surface area contributed by atoms with Gasteiger partial charge in [-0.05, 0) is 60.9 Å². The zero-order valence-corrected chi connectivity index (χ0v) is 16.9. The van der Waals surface area contributed by atoms with Crippen molar-refractivity contribution in [2.75, 3.05) is 5.32 Å². The summed E-state index contributed by atoms with van der Waals surface area (Å²) in [7, 11) is -3.91. The second-order valence-corrected chi connectivity index (χ2v) is 8.55. The molecule has 2 N–H and O–H groups in total. The molecule has 7 heteroatoms. The molecule has 0 aliphatic carbocycles. The van der Waals surface area contributed by atoms with Gasteiger partial charge in [0.15, 0.2) is 0 Å². The number of carbonyl (C=O) groups excluding carboxylic acids is 1. The van der Waals surface area contributed by atoms with Crippen molar-refractivity contribution in [1.82, 2.24) is 4.72 Å². The summed E-state index contributed by atoms with van der Waals surface area (Å²) in [5.74, 6) is -1.51. The Morgan fingerprint density at radius 3 is 2.24 bits per heavy atom. The monoisotopic (exact) mass is 412 g/mol. The van der Waals surface area contributed by atoms with Crippen LogP contribution in [-0.2, 0) is 16.6 Å². The van der Waals surface area contributed by atoms with Crippen molar-refractivity contribution in [1.29, 1.82) is 0 Å². The zero-order chi connectivity index (χ0) is 21.0. The predicted molar refractivity (Wildman–Crippen MR) is 111 cm³/mol. The van der Waals surface area contributed by atoms with Gasteiger partial charge in [0.2, 0.25) is 10.0 Å². The van der Waals surface area contributed by atoms with Crippen LogP contribution in [0.3, 0.4) is 0 Å². The standard InChI is InChI=1S/C22H21FN2O3S/c1-15-10-16(2)12-18(11-15)25-22(26)20-13-19(8-9-21(20)23)29(27,28)24-14-17-6-4-3-5-7-17/h3-13,24H,14H2,1-2H3,(H,25,26). The van der Waals surface area contributed by atoms with Crippen LogP contribution in [0.2, 0.25) is 0 Å². The van der Waals surface area contributed by atoms with Crippen molar-refractivity contribution in [3.8, 4) is 0 Å². The Kier molecular flexibility index (Phi) is 6.10. The Balaban J connectivity index is 1.82. The van der Waals surface area contributed by atoms with E-state index >= 15 is 0 Å². The van der Waals surface area contributed by atoms with Gasteiger partial charge in [0.25, 0.3) is 5.91 Å². The van der Waals surface area contributed by atoms with Crippen molar-refractivity contribution < 1.29 is 17.6 Å². The SMILES string of the molecule is Cc1cc(C)cc(NC(=O)c2cc(S(=O)(=O)NCc3ccccc3)ccc2F)c1. The lowest BCUT2D eigenvalue weighted by Crippen LogP contribution is -2.24. The Labute approximate surface area is 169 Å². The molecule has 150 valence electrons. The van der Waals surface area contributed by atoms with Crippen LogP contribution >= 0.6 is 0 Å². The average Bonchev–Trinajstić information content (AvgIpc) is 2.66. The van der Waals surface area contributed by atoms with Crippen molar-refractivity contribution in [3.05, 3.63) is 94.8 Å². The molecule has 0 heterocycles. The van der Waals surface area contributed by atoms with E-state index in [0.29, 0.717) is 5.69 Å². The lowest BCUT2D eigenvalue weighted by atomic mass is 10.1. The van der Waals surface area contributed by atoms with Gasteiger partial charge in [-0.3, -0.25) is 4.79 Å². The van der Waals surface area contributed by atoms with Crippen LogP contribution in [-0.4, -0.2) is 14.3 Å². The van der Waals surface area contributed by atoms with Gasteiger partial charge >= 0.3 is 0 Å². The summed E-state index contributed by atoms with van der Waals surface area (Å²) < 4.78 is 41.9. The van der Waals surface area contributed by atoms with E-state index in [4.69, 9.17) is 0 Å². The first-order valence-electron chi connectivity index (χ1n) is 8.97. The molecular formula is C22H21FN2O3S. The maximum atomic E-state index is 14.2. The van der Waals surface area contributed by atoms with Gasteiger partial charge in [-0.25, -0.2) is 17.5 Å². The summed E-state index contributed by atoms with van der Waals surface area (Å²) in [5, 5.41) is 2.62. The van der Waals surface area contributed by atoms with Gasteiger partial charge in [-0.15, -0.1) is 0 Å². The fourth-order valence-electron chi connectivity index (χ4n) is 2.95. The topological polar surface area (TPSA) is 75.3 Å². The molecule has 0 unspecified atom stereocenters. The van der Waals surface area contributed by atoms with Crippen LogP contribution in [0, 0.1) is 19.7 Å². The number of benzene rings is 3. The van der Waals surface area contributed by atoms with Gasteiger partial charge < -0.3 is 5.32 Å². The maximum Gasteiger partial charge on any atom is 0.258 e. The highest BCUT2D eigenvalue weighted by molar-refractivity contribution is 7.89. The first-order valence-corrected chi connectivity index (χ1v) is 10.5. The number of halogens is 1. The number of carbonyl (C=O) groups is 1. The Morgan fingerprint density at radius 2 is 1.59 bits per heavy atom. The number of amides is 1. The van der Waals surface area contributed by atoms with E-state index in [-0.39, 0.29) is 17.0 Å². The molecule has 3 rings (SSSR count). The second-order valence-electron chi connectivity index (χ2n) is 6.78. The lowest BCUT2D eigenvalue weighted by Gasteiger charge is -2.11. The zero-order valence-electron chi connectivity index (χ0n) is 16.1. The molecule has 1 amide bonds. The van der Waals surface area contributed by atoms with E-state index in [0.717, 1.165) is 34.9 Å². The third-order valence-corrected chi connectivity index (χ3v) is 5.68. The third kappa shape index (κ3) is 5.28. The fourth-order valence-corrected chi connectivity index (χ4v) is 3.99. The van der Waals surface area contributed by atoms with Crippen molar-refractivity contribution in [3.63, 3.8) is 0 Å². The van der Waals surface area contributed by atoms with Gasteiger partial charge in [0.1, 0.15) is 5.82 Å². The number of sulfonamides is 1. The Bertz CT molecular complexity index is 1130. The molecule has 0 fully saturated rings. The van der Waals surface area contributed by atoms with Gasteiger partial charge in [0, 0.05) is 12.2 Å². The second kappa shape index (κ2) is 8.55. The van der Waals surface area contributed by atoms with E-state index in [1.54, 1.807) is 36.4 Å². The predicted octanol–water partition coefficient (Wildman–Crippen LogP) is 4.17. The highest BCUT2D eigenvalue weighted by Gasteiger charge is 2.19. The molecule has 3 aromatic rings. The van der Waals surface area contributed by atoms with Crippen molar-refractivity contribution >= 4 is 21.6 Å². The van der Waals surface area contributed by atoms with Crippen LogP contribution < -0.4 is 10.0 Å². The van der Waals surface area contributed by atoms with Crippen LogP contribution in [0.4, 0.5) is 10.1 Å². The number of hydrogen-bond donors (Lipinski definition) is 2. The molecular weight excluding hydrogens is 391 g/mol. The average molecular weight is 412 g/mol. The van der Waals surface area contributed by atoms with E-state index in [1.807, 2.05) is 26.0 Å². The van der Waals surface area contributed by atoms with Gasteiger partial charge in [-0.2, -0.15) is 0 Å². The molecule has 0 atom stereocenters. The van der Waals surface area contributed by atoms with Crippen LogP contribution in [0.25, 0.3) is 0 Å². The van der Waals surface area contributed by atoms with E-state index < -0.39 is 21.7 Å². The molecule has 0 spiro atoms. The first-order chi connectivity index (χ1) is 13.7. The molecule has 0 radical (unpaired) electrons. The van der Waals surface area contributed by atoms with Crippen LogP contribution in [0.15, 0.2) is 71.6 Å². The normalized spacial score (nSPS) is 11.3. The Morgan fingerprint density at radius 1 is 0.931 bits per heavy atom. The highest BCUT2D eigenvalue weighted by Crippen LogP contribution is 2.19. The summed E-state index contributed by atoms with van der Waals surface area (Å²) in [5.41, 5.74) is 2.85. The molecule has 0 aliphatic heterocycles. The minimum absolute atomic E-state index is 0.0879. The quantitative estimate of drug-likeness (QED) is 0.638. The molecule has 0 aliphatic rings. The van der Waals surface area contributed by atoms with Crippen LogP contribution in [0.1, 0.15) is 27.0 Å². The van der Waals surface area contributed by atoms with E-state index in [9.17, 15) is 17.6 Å². The minimum atomic E-state index is -3.91. The number of rotatable bonds is 6. The first kappa shape index (κ1) is 20.7. The van der Waals surface area contributed by atoms with Gasteiger partial charge in [0.05, 0.1) is 10.5 Å². The Hall–Kier alpha value is -3.03. The molecule has 0 saturated heterocycles. The number of anilines is 1. The van der Waals surface area contributed by atoms with Crippen molar-refractivity contribution in [2.45, 2.75) is 25.3 Å². The van der Waals surface area contributed by atoms with Crippen molar-refractivity contribution in [2.24, 2.45) is 0 Å². The van der Waals surface area contributed by atoms with E-state index in [2.05, 4.69) is 10.0 Å². The molecule has 0 bridgehead atoms. The summed E-state index contributed by atoms with van der Waals surface area (Å²) in [6.45, 7) is 3.86. The summed E-state index contributed by atoms with van der Waals surface area (Å²) >= 11 is 0. The number of aryl methyl sites for hydroxylation is 2. The highest BCUT2D eigenvalue weighted by atomic mass is 32.2. The molecule has 29 heavy (non-hydrogen) atoms. The maximum absolute atomic E-state index is 14.2. The summed E-state index contributed by atoms with van der Waals surface area (Å²) in [4.78, 5) is 12.4. The third-order valence-electron chi connectivity index (χ3n) is 4.28. The minimum Gasteiger partial charge on any atom is -0.322 e. The fraction of sp³-hybridized carbons (Fsp3) is 0.136. The molecule has 5 nitrogen and oxygen atoms in total. The van der Waals surface area contributed by atoms with Crippen LogP contribution in [0.5, 0.6) is 0 Å². The number of hydrogen-bond acceptors (Lipinski definition) is 3. The summed E-state index contributed by atoms with van der Waals surface area (Å²) in [6, 6.07) is 17.6. The lowest BCUT2D eigenvalue weighted by molar-refractivity contribution is 0.102. The molecule has 0 saturated carbocycles. The van der Waals surface area contributed by atoms with E-state index in [1.165, 1.54) is 0 Å². The largest absolute Gasteiger partial charge is 0.322 e. The smallest absolute Gasteiger partial charge is 0.258 e. The molecule has 3 aromatic carbocycles. The van der Waals surface area contributed by atoms with Gasteiger partial charge in [-0.1, -0.05) is 36.4 Å².